The summed E-state index contributed by atoms with van der Waals surface area (Å²) in [7, 11) is 0. The van der Waals surface area contributed by atoms with Gasteiger partial charge < -0.3 is 15.3 Å². The number of aliphatic hydroxyl groups excluding tert-OH is 1. The number of piperazine rings is 1. The molecule has 0 aromatic carbocycles. The number of hydrogen-bond acceptors (Lipinski definition) is 3. The van der Waals surface area contributed by atoms with Crippen LogP contribution >= 0.6 is 0 Å². The van der Waals surface area contributed by atoms with E-state index >= 15 is 0 Å². The van der Waals surface area contributed by atoms with Gasteiger partial charge in [-0.1, -0.05) is 6.92 Å². The van der Waals surface area contributed by atoms with Crippen molar-refractivity contribution >= 4 is 5.91 Å². The predicted octanol–water partition coefficient (Wildman–Crippen LogP) is -0.422. The molecular formula is C9H18N2O2. The van der Waals surface area contributed by atoms with E-state index in [2.05, 4.69) is 12.2 Å². The normalized spacial score (nSPS) is 29.5. The van der Waals surface area contributed by atoms with Crippen molar-refractivity contribution in [2.75, 3.05) is 19.7 Å². The maximum atomic E-state index is 11.7. The van der Waals surface area contributed by atoms with Crippen molar-refractivity contribution in [2.24, 2.45) is 0 Å². The molecule has 76 valence electrons. The highest BCUT2D eigenvalue weighted by molar-refractivity contribution is 5.83. The fourth-order valence-corrected chi connectivity index (χ4v) is 1.64. The third kappa shape index (κ3) is 2.19. The quantitative estimate of drug-likeness (QED) is 0.629. The lowest BCUT2D eigenvalue weighted by Gasteiger charge is -2.37. The van der Waals surface area contributed by atoms with Crippen LogP contribution in [0.3, 0.4) is 0 Å². The molecule has 1 aliphatic heterocycles. The van der Waals surface area contributed by atoms with E-state index in [4.69, 9.17) is 5.11 Å². The van der Waals surface area contributed by atoms with Gasteiger partial charge in [0.25, 0.3) is 0 Å². The molecule has 4 heteroatoms. The number of amides is 1. The minimum absolute atomic E-state index is 0.0306. The number of carbonyl (C=O) groups excluding carboxylic acids is 1. The summed E-state index contributed by atoms with van der Waals surface area (Å²) in [5.41, 5.74) is 0. The summed E-state index contributed by atoms with van der Waals surface area (Å²) in [5, 5.41) is 11.9. The maximum absolute atomic E-state index is 11.7. The molecule has 1 rings (SSSR count). The second-order valence-corrected chi connectivity index (χ2v) is 3.52. The first-order valence-electron chi connectivity index (χ1n) is 4.85. The number of hydrogen-bond donors (Lipinski definition) is 2. The molecule has 0 aliphatic carbocycles. The standard InChI is InChI=1S/C9H18N2O2/c1-3-4-11-7(2)5-10-8(6-12)9(11)13/h7-8,10,12H,3-6H2,1-2H3. The third-order valence-electron chi connectivity index (χ3n) is 2.42. The Labute approximate surface area is 78.9 Å². The summed E-state index contributed by atoms with van der Waals surface area (Å²) in [6.45, 7) is 5.53. The second-order valence-electron chi connectivity index (χ2n) is 3.52. The van der Waals surface area contributed by atoms with Gasteiger partial charge in [-0.05, 0) is 13.3 Å². The molecule has 13 heavy (non-hydrogen) atoms. The van der Waals surface area contributed by atoms with Gasteiger partial charge in [0.1, 0.15) is 6.04 Å². The van der Waals surface area contributed by atoms with Crippen molar-refractivity contribution in [2.45, 2.75) is 32.4 Å². The molecule has 2 unspecified atom stereocenters. The van der Waals surface area contributed by atoms with Gasteiger partial charge in [-0.25, -0.2) is 0 Å². The van der Waals surface area contributed by atoms with Gasteiger partial charge in [0.15, 0.2) is 0 Å². The number of nitrogens with one attached hydrogen (secondary N) is 1. The average Bonchev–Trinajstić information content (AvgIpc) is 2.12. The van der Waals surface area contributed by atoms with Gasteiger partial charge >= 0.3 is 0 Å². The van der Waals surface area contributed by atoms with Crippen LogP contribution in [0.1, 0.15) is 20.3 Å². The summed E-state index contributed by atoms with van der Waals surface area (Å²) in [4.78, 5) is 13.5. The lowest BCUT2D eigenvalue weighted by Crippen LogP contribution is -2.60. The Morgan fingerprint density at radius 3 is 2.92 bits per heavy atom. The van der Waals surface area contributed by atoms with E-state index in [0.717, 1.165) is 19.5 Å². The molecule has 0 saturated carbocycles. The SMILES string of the molecule is CCCN1C(=O)C(CO)NCC1C. The summed E-state index contributed by atoms with van der Waals surface area (Å²) in [6, 6.07) is -0.141. The molecule has 1 heterocycles. The number of rotatable bonds is 3. The molecule has 1 amide bonds. The smallest absolute Gasteiger partial charge is 0.242 e. The highest BCUT2D eigenvalue weighted by Gasteiger charge is 2.31. The Kier molecular flexibility index (Phi) is 3.69. The van der Waals surface area contributed by atoms with Crippen LogP contribution in [0.2, 0.25) is 0 Å². The third-order valence-corrected chi connectivity index (χ3v) is 2.42. The van der Waals surface area contributed by atoms with Crippen LogP contribution in [0.25, 0.3) is 0 Å². The Bertz CT molecular complexity index is 184. The van der Waals surface area contributed by atoms with Crippen LogP contribution in [0.15, 0.2) is 0 Å². The zero-order valence-corrected chi connectivity index (χ0v) is 8.29. The van der Waals surface area contributed by atoms with Crippen molar-refractivity contribution in [3.05, 3.63) is 0 Å². The molecule has 0 bridgehead atoms. The van der Waals surface area contributed by atoms with Crippen molar-refractivity contribution in [1.82, 2.24) is 10.2 Å². The first-order chi connectivity index (χ1) is 6.20. The Balaban J connectivity index is 2.60. The van der Waals surface area contributed by atoms with E-state index in [1.165, 1.54) is 0 Å². The van der Waals surface area contributed by atoms with Crippen molar-refractivity contribution in [3.8, 4) is 0 Å². The molecule has 0 aromatic rings. The fraction of sp³-hybridized carbons (Fsp3) is 0.889. The van der Waals surface area contributed by atoms with Gasteiger partial charge in [-0.15, -0.1) is 0 Å². The van der Waals surface area contributed by atoms with E-state index in [0.29, 0.717) is 0 Å². The molecule has 4 nitrogen and oxygen atoms in total. The summed E-state index contributed by atoms with van der Waals surface area (Å²) in [5.74, 6) is 0.0306. The van der Waals surface area contributed by atoms with Crippen LogP contribution in [0, 0.1) is 0 Å². The summed E-state index contributed by atoms with van der Waals surface area (Å²) in [6.07, 6.45) is 0.966. The van der Waals surface area contributed by atoms with Gasteiger partial charge in [0.2, 0.25) is 5.91 Å². The Morgan fingerprint density at radius 2 is 2.38 bits per heavy atom. The first-order valence-corrected chi connectivity index (χ1v) is 4.85. The molecule has 1 aliphatic rings. The number of nitrogens with zero attached hydrogens (tertiary/aromatic N) is 1. The minimum Gasteiger partial charge on any atom is -0.394 e. The highest BCUT2D eigenvalue weighted by Crippen LogP contribution is 2.08. The van der Waals surface area contributed by atoms with Crippen LogP contribution in [0.4, 0.5) is 0 Å². The molecule has 2 atom stereocenters. The number of carbonyl (C=O) groups is 1. The van der Waals surface area contributed by atoms with Crippen LogP contribution in [-0.2, 0) is 4.79 Å². The molecule has 0 radical (unpaired) electrons. The van der Waals surface area contributed by atoms with Crippen LogP contribution in [-0.4, -0.2) is 47.7 Å². The van der Waals surface area contributed by atoms with Crippen molar-refractivity contribution < 1.29 is 9.90 Å². The molecule has 1 saturated heterocycles. The van der Waals surface area contributed by atoms with Gasteiger partial charge in [0, 0.05) is 19.1 Å². The molecule has 2 N–H and O–H groups in total. The maximum Gasteiger partial charge on any atom is 0.242 e. The van der Waals surface area contributed by atoms with E-state index in [-0.39, 0.29) is 24.6 Å². The van der Waals surface area contributed by atoms with Gasteiger partial charge in [-0.2, -0.15) is 0 Å². The molecule has 1 fully saturated rings. The van der Waals surface area contributed by atoms with Crippen molar-refractivity contribution in [1.29, 1.82) is 0 Å². The van der Waals surface area contributed by atoms with E-state index in [1.54, 1.807) is 0 Å². The Morgan fingerprint density at radius 1 is 1.69 bits per heavy atom. The fourth-order valence-electron chi connectivity index (χ4n) is 1.64. The largest absolute Gasteiger partial charge is 0.394 e. The molecule has 0 aromatic heterocycles. The van der Waals surface area contributed by atoms with E-state index in [9.17, 15) is 4.79 Å². The van der Waals surface area contributed by atoms with E-state index in [1.807, 2.05) is 11.8 Å². The monoisotopic (exact) mass is 186 g/mol. The van der Waals surface area contributed by atoms with Crippen molar-refractivity contribution in [3.63, 3.8) is 0 Å². The van der Waals surface area contributed by atoms with Gasteiger partial charge in [0.05, 0.1) is 6.61 Å². The lowest BCUT2D eigenvalue weighted by atomic mass is 10.1. The predicted molar refractivity (Wildman–Crippen MR) is 50.3 cm³/mol. The minimum atomic E-state index is -0.386. The second kappa shape index (κ2) is 4.58. The highest BCUT2D eigenvalue weighted by atomic mass is 16.3. The summed E-state index contributed by atoms with van der Waals surface area (Å²) < 4.78 is 0. The van der Waals surface area contributed by atoms with E-state index < -0.39 is 0 Å². The topological polar surface area (TPSA) is 52.6 Å². The number of aliphatic hydroxyl groups is 1. The summed E-state index contributed by atoms with van der Waals surface area (Å²) >= 11 is 0. The Hall–Kier alpha value is -0.610. The first kappa shape index (κ1) is 10.5. The molecular weight excluding hydrogens is 168 g/mol. The van der Waals surface area contributed by atoms with Crippen LogP contribution < -0.4 is 5.32 Å². The average molecular weight is 186 g/mol. The molecule has 0 spiro atoms. The van der Waals surface area contributed by atoms with Gasteiger partial charge in [-0.3, -0.25) is 4.79 Å². The van der Waals surface area contributed by atoms with Crippen LogP contribution in [0.5, 0.6) is 0 Å². The zero-order valence-electron chi connectivity index (χ0n) is 8.29. The zero-order chi connectivity index (χ0) is 9.84. The lowest BCUT2D eigenvalue weighted by molar-refractivity contribution is -0.139.